The summed E-state index contributed by atoms with van der Waals surface area (Å²) in [6, 6.07) is 0. The lowest BCUT2D eigenvalue weighted by Crippen LogP contribution is -2.00. The summed E-state index contributed by atoms with van der Waals surface area (Å²) in [7, 11) is 0. The minimum atomic E-state index is 0.0161. The molecule has 0 saturated heterocycles. The van der Waals surface area contributed by atoms with E-state index in [1.54, 1.807) is 22.6 Å². The molecule has 0 bridgehead atoms. The van der Waals surface area contributed by atoms with Gasteiger partial charge in [0.05, 0.1) is 27.8 Å². The van der Waals surface area contributed by atoms with Crippen LogP contribution in [0.3, 0.4) is 0 Å². The van der Waals surface area contributed by atoms with Gasteiger partial charge in [-0.25, -0.2) is 4.98 Å². The molecule has 2 aromatic rings. The van der Waals surface area contributed by atoms with Gasteiger partial charge in [-0.15, -0.1) is 11.3 Å². The zero-order valence-electron chi connectivity index (χ0n) is 9.30. The van der Waals surface area contributed by atoms with Gasteiger partial charge in [0.25, 0.3) is 0 Å². The number of hydrogen-bond acceptors (Lipinski definition) is 4. The van der Waals surface area contributed by atoms with Crippen molar-refractivity contribution >= 4 is 17.1 Å². The molecule has 4 nitrogen and oxygen atoms in total. The minimum Gasteiger partial charge on any atom is -0.287 e. The monoisotopic (exact) mass is 235 g/mol. The second-order valence-electron chi connectivity index (χ2n) is 3.59. The Morgan fingerprint density at radius 2 is 2.38 bits per heavy atom. The Kier molecular flexibility index (Phi) is 3.14. The van der Waals surface area contributed by atoms with E-state index < -0.39 is 0 Å². The molecule has 0 amide bonds. The summed E-state index contributed by atoms with van der Waals surface area (Å²) in [5.74, 6) is 0.0161. The Morgan fingerprint density at radius 3 is 3.00 bits per heavy atom. The first kappa shape index (κ1) is 11.0. The molecule has 0 aliphatic carbocycles. The summed E-state index contributed by atoms with van der Waals surface area (Å²) < 4.78 is 1.80. The highest BCUT2D eigenvalue weighted by molar-refractivity contribution is 7.12. The van der Waals surface area contributed by atoms with Crippen molar-refractivity contribution in [1.82, 2.24) is 14.8 Å². The number of hydrogen-bond donors (Lipinski definition) is 0. The number of aryl methyl sites for hydroxylation is 2. The van der Waals surface area contributed by atoms with E-state index in [-0.39, 0.29) is 5.78 Å². The lowest BCUT2D eigenvalue weighted by Gasteiger charge is -1.95. The first-order chi connectivity index (χ1) is 7.72. The maximum atomic E-state index is 12.1. The van der Waals surface area contributed by atoms with Crippen LogP contribution in [0.2, 0.25) is 0 Å². The van der Waals surface area contributed by atoms with Crippen LogP contribution in [0.15, 0.2) is 17.9 Å². The molecule has 5 heteroatoms. The fourth-order valence-electron chi connectivity index (χ4n) is 1.48. The lowest BCUT2D eigenvalue weighted by atomic mass is 10.2. The van der Waals surface area contributed by atoms with Crippen LogP contribution in [0, 0.1) is 6.92 Å². The molecular weight excluding hydrogens is 222 g/mol. The van der Waals surface area contributed by atoms with Gasteiger partial charge in [-0.1, -0.05) is 6.92 Å². The summed E-state index contributed by atoms with van der Waals surface area (Å²) in [5.41, 5.74) is 3.12. The standard InChI is InChI=1S/C11H13N3OS/c1-3-4-14-6-9(5-13-14)10(15)11-8(2)12-7-16-11/h5-7H,3-4H2,1-2H3. The topological polar surface area (TPSA) is 47.8 Å². The second kappa shape index (κ2) is 4.57. The molecule has 0 unspecified atom stereocenters. The Hall–Kier alpha value is -1.49. The highest BCUT2D eigenvalue weighted by atomic mass is 32.1. The third kappa shape index (κ3) is 2.04. The van der Waals surface area contributed by atoms with Gasteiger partial charge in [-0.05, 0) is 13.3 Å². The van der Waals surface area contributed by atoms with E-state index in [1.165, 1.54) is 11.3 Å². The summed E-state index contributed by atoms with van der Waals surface area (Å²) >= 11 is 1.38. The SMILES string of the molecule is CCCn1cc(C(=O)c2scnc2C)cn1. The van der Waals surface area contributed by atoms with E-state index in [4.69, 9.17) is 0 Å². The molecule has 0 aliphatic heterocycles. The van der Waals surface area contributed by atoms with Gasteiger partial charge in [0.2, 0.25) is 5.78 Å². The third-order valence-corrected chi connectivity index (χ3v) is 3.23. The molecular formula is C11H13N3OS. The first-order valence-corrected chi connectivity index (χ1v) is 6.07. The van der Waals surface area contributed by atoms with Gasteiger partial charge in [0, 0.05) is 12.7 Å². The van der Waals surface area contributed by atoms with Crippen LogP contribution in [0.1, 0.15) is 34.3 Å². The van der Waals surface area contributed by atoms with Crippen LogP contribution >= 0.6 is 11.3 Å². The second-order valence-corrected chi connectivity index (χ2v) is 4.44. The van der Waals surface area contributed by atoms with Crippen molar-refractivity contribution in [2.45, 2.75) is 26.8 Å². The third-order valence-electron chi connectivity index (χ3n) is 2.30. The van der Waals surface area contributed by atoms with Crippen molar-refractivity contribution < 1.29 is 4.79 Å². The normalized spacial score (nSPS) is 10.6. The number of nitrogens with zero attached hydrogens (tertiary/aromatic N) is 3. The van der Waals surface area contributed by atoms with E-state index >= 15 is 0 Å². The fourth-order valence-corrected chi connectivity index (χ4v) is 2.25. The highest BCUT2D eigenvalue weighted by Gasteiger charge is 2.15. The zero-order chi connectivity index (χ0) is 11.5. The Morgan fingerprint density at radius 1 is 1.56 bits per heavy atom. The van der Waals surface area contributed by atoms with Crippen molar-refractivity contribution in [1.29, 1.82) is 0 Å². The van der Waals surface area contributed by atoms with Crippen molar-refractivity contribution in [3.8, 4) is 0 Å². The smallest absolute Gasteiger partial charge is 0.208 e. The van der Waals surface area contributed by atoms with Gasteiger partial charge in [0.1, 0.15) is 0 Å². The Bertz CT molecular complexity index is 501. The quantitative estimate of drug-likeness (QED) is 0.764. The fraction of sp³-hybridized carbons (Fsp3) is 0.364. The van der Waals surface area contributed by atoms with E-state index in [0.717, 1.165) is 18.7 Å². The lowest BCUT2D eigenvalue weighted by molar-refractivity contribution is 0.104. The summed E-state index contributed by atoms with van der Waals surface area (Å²) in [4.78, 5) is 16.8. The molecule has 0 spiro atoms. The predicted molar refractivity (Wildman–Crippen MR) is 62.8 cm³/mol. The molecule has 0 N–H and O–H groups in total. The number of aromatic nitrogens is 3. The van der Waals surface area contributed by atoms with Crippen molar-refractivity contribution in [3.63, 3.8) is 0 Å². The average molecular weight is 235 g/mol. The maximum Gasteiger partial charge on any atom is 0.208 e. The average Bonchev–Trinajstić information content (AvgIpc) is 2.87. The molecule has 2 rings (SSSR count). The van der Waals surface area contributed by atoms with Crippen molar-refractivity contribution in [2.24, 2.45) is 0 Å². The molecule has 0 atom stereocenters. The molecule has 0 aliphatic rings. The van der Waals surface area contributed by atoms with Gasteiger partial charge < -0.3 is 0 Å². The summed E-state index contributed by atoms with van der Waals surface area (Å²) in [5, 5.41) is 4.15. The van der Waals surface area contributed by atoms with Crippen LogP contribution in [-0.4, -0.2) is 20.5 Å². The van der Waals surface area contributed by atoms with Gasteiger partial charge in [-0.3, -0.25) is 9.48 Å². The number of rotatable bonds is 4. The van der Waals surface area contributed by atoms with E-state index in [0.29, 0.717) is 10.4 Å². The number of thiazole rings is 1. The molecule has 84 valence electrons. The minimum absolute atomic E-state index is 0.0161. The Balaban J connectivity index is 2.24. The molecule has 2 heterocycles. The van der Waals surface area contributed by atoms with Crippen LogP contribution in [-0.2, 0) is 6.54 Å². The molecule has 2 aromatic heterocycles. The molecule has 0 aromatic carbocycles. The maximum absolute atomic E-state index is 12.1. The zero-order valence-corrected chi connectivity index (χ0v) is 10.1. The van der Waals surface area contributed by atoms with Crippen LogP contribution in [0.4, 0.5) is 0 Å². The van der Waals surface area contributed by atoms with E-state index in [2.05, 4.69) is 17.0 Å². The number of ketones is 1. The van der Waals surface area contributed by atoms with E-state index in [1.807, 2.05) is 6.92 Å². The van der Waals surface area contributed by atoms with Gasteiger partial charge in [0.15, 0.2) is 0 Å². The van der Waals surface area contributed by atoms with Crippen LogP contribution < -0.4 is 0 Å². The summed E-state index contributed by atoms with van der Waals surface area (Å²) in [6.45, 7) is 4.77. The van der Waals surface area contributed by atoms with Gasteiger partial charge >= 0.3 is 0 Å². The molecule has 16 heavy (non-hydrogen) atoms. The van der Waals surface area contributed by atoms with E-state index in [9.17, 15) is 4.79 Å². The number of carbonyl (C=O) groups is 1. The van der Waals surface area contributed by atoms with Crippen molar-refractivity contribution in [2.75, 3.05) is 0 Å². The predicted octanol–water partition coefficient (Wildman–Crippen LogP) is 2.29. The first-order valence-electron chi connectivity index (χ1n) is 5.19. The Labute approximate surface area is 97.9 Å². The largest absolute Gasteiger partial charge is 0.287 e. The van der Waals surface area contributed by atoms with Crippen LogP contribution in [0.25, 0.3) is 0 Å². The highest BCUT2D eigenvalue weighted by Crippen LogP contribution is 2.17. The molecule has 0 saturated carbocycles. The molecule has 0 radical (unpaired) electrons. The van der Waals surface area contributed by atoms with Gasteiger partial charge in [-0.2, -0.15) is 5.10 Å². The van der Waals surface area contributed by atoms with Crippen molar-refractivity contribution in [3.05, 3.63) is 34.0 Å². The van der Waals surface area contributed by atoms with Crippen LogP contribution in [0.5, 0.6) is 0 Å². The molecule has 0 fully saturated rings. The summed E-state index contributed by atoms with van der Waals surface area (Å²) in [6.07, 6.45) is 4.43. The number of carbonyl (C=O) groups excluding carboxylic acids is 1.